The number of benzene rings is 2. The Morgan fingerprint density at radius 3 is 2.53 bits per heavy atom. The van der Waals surface area contributed by atoms with Gasteiger partial charge in [0.2, 0.25) is 0 Å². The number of amides is 1. The van der Waals surface area contributed by atoms with Crippen molar-refractivity contribution in [3.05, 3.63) is 53.8 Å². The van der Waals surface area contributed by atoms with Gasteiger partial charge in [-0.2, -0.15) is 13.7 Å². The average Bonchev–Trinajstić information content (AvgIpc) is 2.77. The standard InChI is InChI=1S/C19H21FN6O5S/c20-15-10-14(7-8-17(15)31-13-5-3-12(11-21)4-6-13)32(29,30)26(28)18(27)16(22)2-1-9-25-19(23)24/h3-8,10,16,28H,1-2,9,22H2,(H4,23,24,25)/t16-/m1/s1. The molecule has 2 aromatic carbocycles. The number of rotatable bonds is 9. The lowest BCUT2D eigenvalue weighted by molar-refractivity contribution is -0.147. The van der Waals surface area contributed by atoms with Gasteiger partial charge in [0.05, 0.1) is 22.6 Å². The summed E-state index contributed by atoms with van der Waals surface area (Å²) in [5.74, 6) is -2.73. The fourth-order valence-corrected chi connectivity index (χ4v) is 3.54. The van der Waals surface area contributed by atoms with Crippen LogP contribution in [0.2, 0.25) is 0 Å². The summed E-state index contributed by atoms with van der Waals surface area (Å²) in [6.07, 6.45) is 0.272. The van der Waals surface area contributed by atoms with Crippen molar-refractivity contribution >= 4 is 21.9 Å². The summed E-state index contributed by atoms with van der Waals surface area (Å²) in [7, 11) is -4.79. The van der Waals surface area contributed by atoms with Crippen molar-refractivity contribution in [2.75, 3.05) is 6.54 Å². The van der Waals surface area contributed by atoms with Crippen LogP contribution in [0.15, 0.2) is 47.4 Å². The van der Waals surface area contributed by atoms with Crippen LogP contribution in [-0.4, -0.2) is 42.5 Å². The molecular weight excluding hydrogens is 443 g/mol. The van der Waals surface area contributed by atoms with E-state index in [4.69, 9.17) is 26.9 Å². The van der Waals surface area contributed by atoms with E-state index >= 15 is 0 Å². The molecule has 0 aliphatic carbocycles. The molecule has 170 valence electrons. The summed E-state index contributed by atoms with van der Waals surface area (Å²) < 4.78 is 44.2. The Morgan fingerprint density at radius 2 is 1.97 bits per heavy atom. The minimum absolute atomic E-state index is 0.00256. The smallest absolute Gasteiger partial charge is 0.289 e. The number of nitrogens with one attached hydrogen (secondary N) is 2. The normalized spacial score (nSPS) is 11.8. The second kappa shape index (κ2) is 10.5. The molecule has 0 unspecified atom stereocenters. The first kappa shape index (κ1) is 24.5. The Morgan fingerprint density at radius 1 is 1.31 bits per heavy atom. The highest BCUT2D eigenvalue weighted by Crippen LogP contribution is 2.27. The van der Waals surface area contributed by atoms with E-state index < -0.39 is 37.2 Å². The van der Waals surface area contributed by atoms with E-state index in [1.165, 1.54) is 24.3 Å². The summed E-state index contributed by atoms with van der Waals surface area (Å²) in [6.45, 7) is 0.223. The predicted octanol–water partition coefficient (Wildman–Crippen LogP) is 0.987. The molecule has 0 aromatic heterocycles. The van der Waals surface area contributed by atoms with Crippen molar-refractivity contribution < 1.29 is 27.5 Å². The molecule has 7 N–H and O–H groups in total. The number of hydrogen-bond donors (Lipinski definition) is 5. The maximum Gasteiger partial charge on any atom is 0.289 e. The lowest BCUT2D eigenvalue weighted by Gasteiger charge is -2.19. The van der Waals surface area contributed by atoms with Gasteiger partial charge in [-0.05, 0) is 55.3 Å². The zero-order valence-electron chi connectivity index (χ0n) is 16.7. The van der Waals surface area contributed by atoms with Gasteiger partial charge in [-0.15, -0.1) is 4.47 Å². The Kier molecular flexibility index (Phi) is 8.08. The van der Waals surface area contributed by atoms with Crippen LogP contribution in [0.3, 0.4) is 0 Å². The highest BCUT2D eigenvalue weighted by atomic mass is 32.2. The monoisotopic (exact) mass is 464 g/mol. The van der Waals surface area contributed by atoms with Crippen molar-refractivity contribution in [3.63, 3.8) is 0 Å². The zero-order valence-corrected chi connectivity index (χ0v) is 17.5. The van der Waals surface area contributed by atoms with E-state index in [1.807, 2.05) is 6.07 Å². The first-order chi connectivity index (χ1) is 15.1. The Bertz CT molecular complexity index is 1130. The lowest BCUT2D eigenvalue weighted by Crippen LogP contribution is -2.45. The average molecular weight is 464 g/mol. The molecule has 32 heavy (non-hydrogen) atoms. The van der Waals surface area contributed by atoms with E-state index in [1.54, 1.807) is 0 Å². The second-order valence-electron chi connectivity index (χ2n) is 6.51. The third-order valence-electron chi connectivity index (χ3n) is 4.15. The lowest BCUT2D eigenvalue weighted by atomic mass is 10.1. The number of nitriles is 1. The maximum atomic E-state index is 14.4. The number of sulfonamides is 1. The van der Waals surface area contributed by atoms with Crippen LogP contribution >= 0.6 is 0 Å². The molecule has 11 nitrogen and oxygen atoms in total. The predicted molar refractivity (Wildman–Crippen MR) is 111 cm³/mol. The Labute approximate surface area is 183 Å². The largest absolute Gasteiger partial charge is 0.454 e. The number of hydrogen-bond acceptors (Lipinski definition) is 8. The van der Waals surface area contributed by atoms with E-state index in [-0.39, 0.29) is 36.8 Å². The Balaban J connectivity index is 2.10. The van der Waals surface area contributed by atoms with E-state index in [9.17, 15) is 22.8 Å². The molecule has 2 rings (SSSR count). The molecule has 2 aromatic rings. The van der Waals surface area contributed by atoms with Crippen molar-refractivity contribution in [1.29, 1.82) is 10.7 Å². The third-order valence-corrected chi connectivity index (χ3v) is 5.64. The van der Waals surface area contributed by atoms with E-state index in [0.717, 1.165) is 12.1 Å². The van der Waals surface area contributed by atoms with Crippen molar-refractivity contribution in [3.8, 4) is 17.6 Å². The van der Waals surface area contributed by atoms with Gasteiger partial charge in [0.25, 0.3) is 15.9 Å². The number of nitrogens with zero attached hydrogens (tertiary/aromatic N) is 2. The number of halogens is 1. The molecule has 0 heterocycles. The molecule has 0 saturated heterocycles. The molecule has 0 saturated carbocycles. The number of ether oxygens (including phenoxy) is 1. The molecule has 0 aliphatic rings. The molecule has 0 spiro atoms. The summed E-state index contributed by atoms with van der Waals surface area (Å²) >= 11 is 0. The third kappa shape index (κ3) is 6.14. The maximum absolute atomic E-state index is 14.4. The van der Waals surface area contributed by atoms with Gasteiger partial charge in [-0.25, -0.2) is 4.39 Å². The first-order valence-corrected chi connectivity index (χ1v) is 10.6. The van der Waals surface area contributed by atoms with Gasteiger partial charge in [-0.1, -0.05) is 0 Å². The van der Waals surface area contributed by atoms with Crippen LogP contribution in [0.25, 0.3) is 0 Å². The van der Waals surface area contributed by atoms with Crippen LogP contribution in [0, 0.1) is 22.6 Å². The SMILES string of the molecule is N#Cc1ccc(Oc2ccc(S(=O)(=O)N(O)C(=O)[C@H](N)CCCNC(=N)N)cc2F)cc1. The second-order valence-corrected chi connectivity index (χ2v) is 8.27. The fraction of sp³-hybridized carbons (Fsp3) is 0.211. The highest BCUT2D eigenvalue weighted by Gasteiger charge is 2.32. The van der Waals surface area contributed by atoms with Crippen molar-refractivity contribution in [2.24, 2.45) is 11.5 Å². The number of hydroxylamine groups is 1. The van der Waals surface area contributed by atoms with Crippen LogP contribution in [0.1, 0.15) is 18.4 Å². The van der Waals surface area contributed by atoms with Crippen LogP contribution in [-0.2, 0) is 14.8 Å². The van der Waals surface area contributed by atoms with E-state index in [0.29, 0.717) is 11.6 Å². The van der Waals surface area contributed by atoms with Crippen LogP contribution in [0.5, 0.6) is 11.5 Å². The van der Waals surface area contributed by atoms with Crippen molar-refractivity contribution in [2.45, 2.75) is 23.8 Å². The highest BCUT2D eigenvalue weighted by molar-refractivity contribution is 7.89. The molecule has 0 bridgehead atoms. The zero-order chi connectivity index (χ0) is 23.9. The van der Waals surface area contributed by atoms with Gasteiger partial charge in [-0.3, -0.25) is 15.4 Å². The van der Waals surface area contributed by atoms with Gasteiger partial charge >= 0.3 is 0 Å². The van der Waals surface area contributed by atoms with Crippen LogP contribution in [0.4, 0.5) is 4.39 Å². The summed E-state index contributed by atoms with van der Waals surface area (Å²) in [5.41, 5.74) is 11.1. The number of carbonyl (C=O) groups is 1. The summed E-state index contributed by atoms with van der Waals surface area (Å²) in [4.78, 5) is 11.5. The summed E-state index contributed by atoms with van der Waals surface area (Å²) in [5, 5.41) is 28.2. The number of guanidine groups is 1. The Hall–Kier alpha value is -3.73. The quantitative estimate of drug-likeness (QED) is 0.118. The molecule has 0 aliphatic heterocycles. The van der Waals surface area contributed by atoms with Crippen molar-refractivity contribution in [1.82, 2.24) is 9.79 Å². The molecule has 0 radical (unpaired) electrons. The molecule has 1 amide bonds. The van der Waals surface area contributed by atoms with Crippen LogP contribution < -0.4 is 21.5 Å². The minimum atomic E-state index is -4.79. The topological polar surface area (TPSA) is 196 Å². The molecule has 0 fully saturated rings. The minimum Gasteiger partial charge on any atom is -0.454 e. The molecular formula is C19H21FN6O5S. The van der Waals surface area contributed by atoms with Gasteiger partial charge in [0.15, 0.2) is 17.5 Å². The van der Waals surface area contributed by atoms with Gasteiger partial charge < -0.3 is 21.5 Å². The molecule has 1 atom stereocenters. The van der Waals surface area contributed by atoms with Gasteiger partial charge in [0, 0.05) is 6.54 Å². The summed E-state index contributed by atoms with van der Waals surface area (Å²) in [6, 6.07) is 8.92. The molecule has 13 heteroatoms. The van der Waals surface area contributed by atoms with Gasteiger partial charge in [0.1, 0.15) is 5.75 Å². The number of nitrogens with two attached hydrogens (primary N) is 2. The first-order valence-electron chi connectivity index (χ1n) is 9.15. The number of carbonyl (C=O) groups excluding carboxylic acids is 1. The fourth-order valence-electron chi connectivity index (χ4n) is 2.48. The van der Waals surface area contributed by atoms with E-state index in [2.05, 4.69) is 5.32 Å².